The van der Waals surface area contributed by atoms with Gasteiger partial charge in [-0.1, -0.05) is 23.7 Å². The highest BCUT2D eigenvalue weighted by atomic mass is 35.5. The predicted molar refractivity (Wildman–Crippen MR) is 64.9 cm³/mol. The average molecular weight is 241 g/mol. The second-order valence-corrected chi connectivity index (χ2v) is 3.71. The maximum absolute atomic E-state index is 11.6. The van der Waals surface area contributed by atoms with Crippen LogP contribution in [0.25, 0.3) is 0 Å². The number of halogens is 1. The number of para-hydroxylation sites is 1. The monoisotopic (exact) mass is 240 g/mol. The highest BCUT2D eigenvalue weighted by Gasteiger charge is 2.13. The molecular formula is C10H13ClN4O. The largest absolute Gasteiger partial charge is 0.370 e. The fraction of sp³-hybridized carbons (Fsp3) is 0.200. The second-order valence-electron chi connectivity index (χ2n) is 3.31. The van der Waals surface area contributed by atoms with E-state index in [9.17, 15) is 4.79 Å². The molecule has 0 unspecified atom stereocenters. The third-order valence-electron chi connectivity index (χ3n) is 2.12. The predicted octanol–water partition coefficient (Wildman–Crippen LogP) is 2.01. The summed E-state index contributed by atoms with van der Waals surface area (Å²) in [4.78, 5) is 12.6. The lowest BCUT2D eigenvalue weighted by atomic mass is 10.2. The average Bonchev–Trinajstić information content (AvgIpc) is 2.22. The lowest BCUT2D eigenvalue weighted by molar-refractivity contribution is 0.238. The van der Waals surface area contributed by atoms with Crippen LogP contribution in [-0.4, -0.2) is 23.9 Å². The molecule has 0 saturated heterocycles. The van der Waals surface area contributed by atoms with Crippen molar-refractivity contribution < 1.29 is 4.79 Å². The summed E-state index contributed by atoms with van der Waals surface area (Å²) in [7, 11) is 1.41. The van der Waals surface area contributed by atoms with Gasteiger partial charge in [0.05, 0.1) is 10.7 Å². The van der Waals surface area contributed by atoms with E-state index in [1.165, 1.54) is 7.05 Å². The molecule has 86 valence electrons. The van der Waals surface area contributed by atoms with Gasteiger partial charge in [0.2, 0.25) is 0 Å². The number of aryl methyl sites for hydroxylation is 1. The van der Waals surface area contributed by atoms with Crippen LogP contribution in [-0.2, 0) is 0 Å². The van der Waals surface area contributed by atoms with Gasteiger partial charge in [0, 0.05) is 7.05 Å². The van der Waals surface area contributed by atoms with E-state index in [4.69, 9.17) is 22.7 Å². The van der Waals surface area contributed by atoms with E-state index >= 15 is 0 Å². The number of nitrogens with zero attached hydrogens (tertiary/aromatic N) is 1. The van der Waals surface area contributed by atoms with Gasteiger partial charge in [-0.05, 0) is 18.6 Å². The maximum atomic E-state index is 11.6. The molecule has 1 rings (SSSR count). The Labute approximate surface area is 98.7 Å². The molecule has 0 spiro atoms. The van der Waals surface area contributed by atoms with Gasteiger partial charge in [0.15, 0.2) is 5.96 Å². The number of urea groups is 1. The van der Waals surface area contributed by atoms with Crippen LogP contribution < -0.4 is 11.1 Å². The quantitative estimate of drug-likeness (QED) is 0.518. The van der Waals surface area contributed by atoms with Gasteiger partial charge in [-0.25, -0.2) is 4.79 Å². The Bertz CT molecular complexity index is 413. The summed E-state index contributed by atoms with van der Waals surface area (Å²) in [6.45, 7) is 1.83. The zero-order valence-electron chi connectivity index (χ0n) is 9.04. The molecule has 0 aromatic heterocycles. The molecule has 0 radical (unpaired) electrons. The van der Waals surface area contributed by atoms with E-state index in [1.807, 2.05) is 13.0 Å². The van der Waals surface area contributed by atoms with Crippen molar-refractivity contribution in [2.75, 3.05) is 12.4 Å². The number of hydrogen-bond acceptors (Lipinski definition) is 2. The zero-order valence-corrected chi connectivity index (χ0v) is 9.80. The van der Waals surface area contributed by atoms with Gasteiger partial charge >= 0.3 is 6.03 Å². The number of carbonyl (C=O) groups is 1. The van der Waals surface area contributed by atoms with Crippen LogP contribution in [0.3, 0.4) is 0 Å². The first-order chi connectivity index (χ1) is 7.43. The summed E-state index contributed by atoms with van der Waals surface area (Å²) in [5.74, 6) is -0.331. The number of anilines is 1. The molecule has 0 atom stereocenters. The summed E-state index contributed by atoms with van der Waals surface area (Å²) < 4.78 is 0. The standard InChI is InChI=1S/C10H13ClN4O/c1-6-4-3-5-7(11)8(6)14-10(16)15(2)9(12)13/h3-5H,1-2H3,(H3,12,13)(H,14,16). The summed E-state index contributed by atoms with van der Waals surface area (Å²) in [6.07, 6.45) is 0. The van der Waals surface area contributed by atoms with Crippen molar-refractivity contribution in [2.24, 2.45) is 5.73 Å². The van der Waals surface area contributed by atoms with Crippen molar-refractivity contribution in [1.82, 2.24) is 4.90 Å². The van der Waals surface area contributed by atoms with E-state index in [0.717, 1.165) is 10.5 Å². The van der Waals surface area contributed by atoms with Crippen LogP contribution in [0.5, 0.6) is 0 Å². The van der Waals surface area contributed by atoms with E-state index in [1.54, 1.807) is 12.1 Å². The van der Waals surface area contributed by atoms with Crippen LogP contribution in [0, 0.1) is 12.3 Å². The van der Waals surface area contributed by atoms with E-state index in [0.29, 0.717) is 10.7 Å². The summed E-state index contributed by atoms with van der Waals surface area (Å²) in [5, 5.41) is 10.2. The maximum Gasteiger partial charge on any atom is 0.328 e. The highest BCUT2D eigenvalue weighted by Crippen LogP contribution is 2.25. The van der Waals surface area contributed by atoms with Crippen LogP contribution >= 0.6 is 11.6 Å². The van der Waals surface area contributed by atoms with Gasteiger partial charge in [-0.3, -0.25) is 10.3 Å². The smallest absolute Gasteiger partial charge is 0.328 e. The molecule has 1 aromatic rings. The normalized spacial score (nSPS) is 9.69. The molecule has 0 aliphatic carbocycles. The lowest BCUT2D eigenvalue weighted by Gasteiger charge is -2.17. The molecule has 6 heteroatoms. The first-order valence-corrected chi connectivity index (χ1v) is 4.95. The number of benzene rings is 1. The minimum absolute atomic E-state index is 0.331. The molecule has 0 saturated carbocycles. The van der Waals surface area contributed by atoms with Crippen LogP contribution in [0.1, 0.15) is 5.56 Å². The molecule has 0 bridgehead atoms. The molecule has 0 heterocycles. The van der Waals surface area contributed by atoms with Gasteiger partial charge in [-0.2, -0.15) is 0 Å². The fourth-order valence-corrected chi connectivity index (χ4v) is 1.36. The van der Waals surface area contributed by atoms with Gasteiger partial charge < -0.3 is 11.1 Å². The first-order valence-electron chi connectivity index (χ1n) is 4.57. The number of rotatable bonds is 1. The van der Waals surface area contributed by atoms with Crippen LogP contribution in [0.15, 0.2) is 18.2 Å². The SMILES string of the molecule is Cc1cccc(Cl)c1NC(=O)N(C)C(=N)N. The Hall–Kier alpha value is -1.75. The topological polar surface area (TPSA) is 82.2 Å². The summed E-state index contributed by atoms with van der Waals surface area (Å²) in [5.41, 5.74) is 6.56. The van der Waals surface area contributed by atoms with Gasteiger partial charge in [0.1, 0.15) is 0 Å². The lowest BCUT2D eigenvalue weighted by Crippen LogP contribution is -2.40. The zero-order chi connectivity index (χ0) is 12.3. The molecule has 1 aromatic carbocycles. The third kappa shape index (κ3) is 2.64. The highest BCUT2D eigenvalue weighted by molar-refractivity contribution is 6.34. The van der Waals surface area contributed by atoms with Crippen molar-refractivity contribution >= 4 is 29.3 Å². The first kappa shape index (κ1) is 12.3. The Kier molecular flexibility index (Phi) is 3.73. The Morgan fingerprint density at radius 3 is 2.69 bits per heavy atom. The Morgan fingerprint density at radius 2 is 2.19 bits per heavy atom. The molecule has 0 aliphatic heterocycles. The van der Waals surface area contributed by atoms with Gasteiger partial charge in [-0.15, -0.1) is 0 Å². The fourth-order valence-electron chi connectivity index (χ4n) is 1.09. The number of nitrogens with two attached hydrogens (primary N) is 1. The summed E-state index contributed by atoms with van der Waals surface area (Å²) >= 11 is 5.94. The number of nitrogens with one attached hydrogen (secondary N) is 2. The van der Waals surface area contributed by atoms with Crippen molar-refractivity contribution in [3.05, 3.63) is 28.8 Å². The number of guanidine groups is 1. The molecular weight excluding hydrogens is 228 g/mol. The number of carbonyl (C=O) groups excluding carboxylic acids is 1. The van der Waals surface area contributed by atoms with E-state index in [2.05, 4.69) is 5.32 Å². The number of amides is 2. The third-order valence-corrected chi connectivity index (χ3v) is 2.43. The second kappa shape index (κ2) is 4.85. The Balaban J connectivity index is 2.89. The minimum atomic E-state index is -0.497. The van der Waals surface area contributed by atoms with Gasteiger partial charge in [0.25, 0.3) is 0 Å². The van der Waals surface area contributed by atoms with Crippen molar-refractivity contribution in [2.45, 2.75) is 6.92 Å². The van der Waals surface area contributed by atoms with E-state index < -0.39 is 6.03 Å². The van der Waals surface area contributed by atoms with Crippen LogP contribution in [0.4, 0.5) is 10.5 Å². The summed E-state index contributed by atoms with van der Waals surface area (Å²) in [6, 6.07) is 4.80. The van der Waals surface area contributed by atoms with E-state index in [-0.39, 0.29) is 5.96 Å². The molecule has 5 nitrogen and oxygen atoms in total. The molecule has 2 amide bonds. The minimum Gasteiger partial charge on any atom is -0.370 e. The molecule has 4 N–H and O–H groups in total. The van der Waals surface area contributed by atoms with Crippen molar-refractivity contribution in [1.29, 1.82) is 5.41 Å². The van der Waals surface area contributed by atoms with Crippen molar-refractivity contribution in [3.8, 4) is 0 Å². The number of hydrogen-bond donors (Lipinski definition) is 3. The van der Waals surface area contributed by atoms with Crippen molar-refractivity contribution in [3.63, 3.8) is 0 Å². The molecule has 16 heavy (non-hydrogen) atoms. The Morgan fingerprint density at radius 1 is 1.56 bits per heavy atom. The molecule has 0 aliphatic rings. The molecule has 0 fully saturated rings. The van der Waals surface area contributed by atoms with Crippen LogP contribution in [0.2, 0.25) is 5.02 Å².